The second-order valence-electron chi connectivity index (χ2n) is 14.0. The minimum absolute atomic E-state index is 0.0471. The highest BCUT2D eigenvalue weighted by molar-refractivity contribution is 5.97. The normalized spacial score (nSPS) is 17.0. The molecule has 0 radical (unpaired) electrons. The second kappa shape index (κ2) is 24.6. The van der Waals surface area contributed by atoms with Crippen LogP contribution in [0.15, 0.2) is 40.3 Å². The number of likely N-dealkylation sites (tertiary alicyclic amines) is 1. The average Bonchev–Trinajstić information content (AvgIpc) is 3.67. The monoisotopic (exact) mass is 833 g/mol. The minimum Gasteiger partial charge on any atom is -0.480 e. The van der Waals surface area contributed by atoms with E-state index in [0.717, 1.165) is 0 Å². The summed E-state index contributed by atoms with van der Waals surface area (Å²) in [5, 5.41) is 42.9. The van der Waals surface area contributed by atoms with E-state index in [0.29, 0.717) is 18.4 Å². The Hall–Kier alpha value is -6.07. The third-order valence-electron chi connectivity index (χ3n) is 9.20. The molecular weight excluding hydrogens is 774 g/mol. The fraction of sp³-hybridized carbons (Fsp3) is 0.583. The molecule has 0 aromatic heterocycles. The molecule has 1 heterocycles. The van der Waals surface area contributed by atoms with Crippen LogP contribution in [0.5, 0.6) is 0 Å². The topological polar surface area (TPSA) is 398 Å². The fourth-order valence-corrected chi connectivity index (χ4v) is 6.18. The number of carboxylic acid groups (broad SMARTS) is 1. The van der Waals surface area contributed by atoms with Crippen LogP contribution in [0.25, 0.3) is 0 Å². The van der Waals surface area contributed by atoms with E-state index in [1.54, 1.807) is 30.3 Å². The molecule has 6 amide bonds. The molecule has 1 saturated heterocycles. The van der Waals surface area contributed by atoms with Gasteiger partial charge in [-0.25, -0.2) is 4.79 Å². The number of nitrogens with one attached hydrogen (secondary N) is 5. The Morgan fingerprint density at radius 2 is 1.27 bits per heavy atom. The van der Waals surface area contributed by atoms with E-state index in [2.05, 4.69) is 36.6 Å². The Bertz CT molecular complexity index is 1650. The van der Waals surface area contributed by atoms with Crippen LogP contribution in [0.3, 0.4) is 0 Å². The van der Waals surface area contributed by atoms with Crippen molar-refractivity contribution in [3.63, 3.8) is 0 Å². The van der Waals surface area contributed by atoms with Gasteiger partial charge in [0.15, 0.2) is 11.9 Å². The lowest BCUT2D eigenvalue weighted by Gasteiger charge is -2.30. The predicted octanol–water partition coefficient (Wildman–Crippen LogP) is -5.44. The van der Waals surface area contributed by atoms with Crippen molar-refractivity contribution in [2.45, 2.75) is 107 Å². The molecule has 2 rings (SSSR count). The number of rotatable bonds is 24. The lowest BCUT2D eigenvalue weighted by Crippen LogP contribution is -2.62. The average molecular weight is 834 g/mol. The highest BCUT2D eigenvalue weighted by atomic mass is 16.4. The molecule has 59 heavy (non-hydrogen) atoms. The van der Waals surface area contributed by atoms with Gasteiger partial charge in [0.2, 0.25) is 35.4 Å². The summed E-state index contributed by atoms with van der Waals surface area (Å²) in [5.41, 5.74) is 27.7. The third kappa shape index (κ3) is 16.7. The minimum atomic E-state index is -1.75. The number of nitrogens with two attached hydrogens (primary N) is 5. The van der Waals surface area contributed by atoms with Gasteiger partial charge in [-0.15, -0.1) is 0 Å². The van der Waals surface area contributed by atoms with E-state index in [1.807, 2.05) is 0 Å². The second-order valence-corrected chi connectivity index (χ2v) is 14.0. The number of carboxylic acids is 1. The van der Waals surface area contributed by atoms with Crippen molar-refractivity contribution < 1.29 is 48.9 Å². The molecule has 0 spiro atoms. The quantitative estimate of drug-likeness (QED) is 0.0263. The molecule has 23 nitrogen and oxygen atoms in total. The third-order valence-corrected chi connectivity index (χ3v) is 9.20. The molecule has 0 saturated carbocycles. The summed E-state index contributed by atoms with van der Waals surface area (Å²) >= 11 is 0. The first-order chi connectivity index (χ1) is 27.9. The van der Waals surface area contributed by atoms with Crippen LogP contribution in [0.4, 0.5) is 0 Å². The van der Waals surface area contributed by atoms with Crippen molar-refractivity contribution in [3.05, 3.63) is 35.9 Å². The molecular formula is C36H59N13O10. The summed E-state index contributed by atoms with van der Waals surface area (Å²) < 4.78 is 0. The number of benzene rings is 1. The van der Waals surface area contributed by atoms with Crippen LogP contribution in [-0.2, 0) is 40.0 Å². The van der Waals surface area contributed by atoms with Crippen LogP contribution in [-0.4, -0.2) is 148 Å². The van der Waals surface area contributed by atoms with Crippen LogP contribution < -0.4 is 55.3 Å². The van der Waals surface area contributed by atoms with Crippen LogP contribution in [0, 0.1) is 0 Å². The number of carbonyl (C=O) groups excluding carboxylic acids is 6. The van der Waals surface area contributed by atoms with Crippen LogP contribution in [0.2, 0.25) is 0 Å². The Balaban J connectivity index is 2.27. The van der Waals surface area contributed by atoms with Crippen molar-refractivity contribution in [1.29, 1.82) is 0 Å². The van der Waals surface area contributed by atoms with Gasteiger partial charge in [0.05, 0.1) is 18.8 Å². The molecule has 328 valence electrons. The maximum atomic E-state index is 13.8. The molecule has 1 aliphatic heterocycles. The zero-order valence-electron chi connectivity index (χ0n) is 33.2. The smallest absolute Gasteiger partial charge is 0.326 e. The summed E-state index contributed by atoms with van der Waals surface area (Å²) in [6.45, 7) is 2.33. The molecule has 1 fully saturated rings. The number of nitrogens with zero attached hydrogens (tertiary/aromatic N) is 3. The van der Waals surface area contributed by atoms with Gasteiger partial charge in [0.25, 0.3) is 0 Å². The van der Waals surface area contributed by atoms with Crippen molar-refractivity contribution in [2.75, 3.05) is 26.2 Å². The molecule has 1 aromatic carbocycles. The van der Waals surface area contributed by atoms with Gasteiger partial charge in [-0.2, -0.15) is 0 Å². The van der Waals surface area contributed by atoms with Crippen molar-refractivity contribution in [2.24, 2.45) is 38.7 Å². The van der Waals surface area contributed by atoms with Gasteiger partial charge in [-0.1, -0.05) is 30.3 Å². The summed E-state index contributed by atoms with van der Waals surface area (Å²) in [4.78, 5) is 101. The molecule has 0 bridgehead atoms. The number of carbonyl (C=O) groups is 7. The molecule has 8 atom stereocenters. The molecule has 23 heteroatoms. The van der Waals surface area contributed by atoms with Gasteiger partial charge >= 0.3 is 5.97 Å². The Morgan fingerprint density at radius 3 is 1.78 bits per heavy atom. The maximum Gasteiger partial charge on any atom is 0.326 e. The molecule has 1 aliphatic rings. The van der Waals surface area contributed by atoms with Crippen LogP contribution in [0.1, 0.15) is 57.9 Å². The number of aliphatic hydroxyl groups is 2. The predicted molar refractivity (Wildman–Crippen MR) is 214 cm³/mol. The number of hydrogen-bond acceptors (Lipinski definition) is 12. The number of aliphatic carboxylic acids is 1. The van der Waals surface area contributed by atoms with E-state index in [1.165, 1.54) is 18.7 Å². The van der Waals surface area contributed by atoms with Crippen molar-refractivity contribution in [1.82, 2.24) is 31.5 Å². The SMILES string of the molecule is C[C@@H](O)[C@H](NC(=O)[C@H](CCCN=C(N)N)NC(=O)[C@@H]1CCCN1C(=O)[C@H](CCCN=C(N)N)NC(=O)CN)C(=O)N[C@H](C(=O)N[C@@H](Cc1ccccc1)C(=O)O)[C@@H](C)O. The number of aliphatic imine (C=N–C) groups is 2. The first-order valence-corrected chi connectivity index (χ1v) is 19.1. The zero-order valence-corrected chi connectivity index (χ0v) is 33.2. The summed E-state index contributed by atoms with van der Waals surface area (Å²) in [6.07, 6.45) is -2.14. The van der Waals surface area contributed by atoms with E-state index >= 15 is 0 Å². The number of amides is 6. The Morgan fingerprint density at radius 1 is 0.746 bits per heavy atom. The lowest BCUT2D eigenvalue weighted by molar-refractivity contribution is -0.143. The van der Waals surface area contributed by atoms with Crippen molar-refractivity contribution in [3.8, 4) is 0 Å². The summed E-state index contributed by atoms with van der Waals surface area (Å²) in [5.74, 6) is -6.75. The first-order valence-electron chi connectivity index (χ1n) is 19.1. The zero-order chi connectivity index (χ0) is 44.2. The van der Waals surface area contributed by atoms with Gasteiger partial charge in [0, 0.05) is 26.1 Å². The summed E-state index contributed by atoms with van der Waals surface area (Å²) in [6, 6.07) is 0.0230. The van der Waals surface area contributed by atoms with Gasteiger partial charge in [-0.3, -0.25) is 38.8 Å². The number of hydrogen-bond donors (Lipinski definition) is 13. The highest BCUT2D eigenvalue weighted by Crippen LogP contribution is 2.20. The van der Waals surface area contributed by atoms with E-state index in [9.17, 15) is 48.9 Å². The first kappa shape index (κ1) is 49.1. The molecule has 1 aromatic rings. The Kier molecular flexibility index (Phi) is 20.5. The highest BCUT2D eigenvalue weighted by Gasteiger charge is 2.40. The van der Waals surface area contributed by atoms with Gasteiger partial charge in [0.1, 0.15) is 36.3 Å². The van der Waals surface area contributed by atoms with Crippen molar-refractivity contribution >= 4 is 53.3 Å². The standard InChI is InChI=1S/C36H59N13O10/c1-19(50)27(31(55)46-24(34(58)59)17-21-9-4-3-5-10-21)48-32(56)28(20(2)51)47-29(53)22(11-6-14-42-35(38)39)45-30(54)25-13-8-16-49(25)33(57)23(44-26(52)18-37)12-7-15-43-36(40)41/h3-5,9-10,19-20,22-25,27-28,50-51H,6-8,11-18,37H2,1-2H3,(H,44,52)(H,45,54)(H,46,55)(H,47,53)(H,48,56)(H,58,59)(H4,38,39,42)(H4,40,41,43)/t19-,20-,22+,23+,24+,25+,27+,28+/m1/s1. The van der Waals surface area contributed by atoms with E-state index in [4.69, 9.17) is 28.7 Å². The van der Waals surface area contributed by atoms with Gasteiger partial charge in [-0.05, 0) is 57.9 Å². The fourth-order valence-electron chi connectivity index (χ4n) is 6.18. The van der Waals surface area contributed by atoms with Crippen LogP contribution >= 0.6 is 0 Å². The molecule has 0 unspecified atom stereocenters. The van der Waals surface area contributed by atoms with E-state index in [-0.39, 0.29) is 63.7 Å². The molecule has 18 N–H and O–H groups in total. The maximum absolute atomic E-state index is 13.8. The largest absolute Gasteiger partial charge is 0.480 e. The number of aliphatic hydroxyl groups excluding tert-OH is 2. The number of guanidine groups is 2. The van der Waals surface area contributed by atoms with E-state index < -0.39 is 96.4 Å². The molecule has 0 aliphatic carbocycles. The Labute approximate surface area is 341 Å². The van der Waals surface area contributed by atoms with Gasteiger partial charge < -0.3 is 75.5 Å². The summed E-state index contributed by atoms with van der Waals surface area (Å²) in [7, 11) is 0. The lowest BCUT2D eigenvalue weighted by atomic mass is 10.0.